The molecule has 2 aliphatic heterocycles. The molecule has 5 N–H and O–H groups in total. The van der Waals surface area contributed by atoms with E-state index < -0.39 is 58.4 Å². The van der Waals surface area contributed by atoms with Gasteiger partial charge >= 0.3 is 12.2 Å². The standard InChI is InChI=1S/C16H20FN3O5S.C13H20FN3O3S/c1-15(2,3)25-14(23)19-5-4-16(24,9(17)7-19)10-8-20-12(22)6-11(21)18-13(20)26-10;1-12(2,3)20-11(18)17-5-4-13(19,8(14)7-17)9-6-16-10(15)21-9/h6,8-9,21,24H,4-5,7H2,1-3H3;6,8,19H,4-5,7H2,1-3H3,(H2,15,16)/t9-,16+;8-,13+/m11/s1. The summed E-state index contributed by atoms with van der Waals surface area (Å²) in [5, 5.41) is 31.1. The number of aliphatic hydroxyl groups is 2. The number of nitrogens with zero attached hydrogens (tertiary/aromatic N) is 5. The maximum Gasteiger partial charge on any atom is 0.410 e. The second-order valence-electron chi connectivity index (χ2n) is 13.4. The first kappa shape index (κ1) is 36.2. The Morgan fingerprint density at radius 3 is 1.85 bits per heavy atom. The van der Waals surface area contributed by atoms with Gasteiger partial charge in [0.15, 0.2) is 22.4 Å². The minimum atomic E-state index is -1.85. The van der Waals surface area contributed by atoms with Crippen molar-refractivity contribution in [1.29, 1.82) is 0 Å². The summed E-state index contributed by atoms with van der Waals surface area (Å²) >= 11 is 1.98. The number of hydrogen-bond acceptors (Lipinski definition) is 13. The topological polar surface area (TPSA) is 193 Å². The van der Waals surface area contributed by atoms with Gasteiger partial charge < -0.3 is 40.3 Å². The Kier molecular flexibility index (Phi) is 10.1. The van der Waals surface area contributed by atoms with Crippen molar-refractivity contribution in [3.8, 4) is 5.88 Å². The van der Waals surface area contributed by atoms with Crippen LogP contribution in [0.3, 0.4) is 0 Å². The Bertz CT molecular complexity index is 1670. The smallest absolute Gasteiger partial charge is 0.410 e. The first-order chi connectivity index (χ1) is 21.6. The third-order valence-corrected chi connectivity index (χ3v) is 9.50. The average Bonchev–Trinajstić information content (AvgIpc) is 3.57. The summed E-state index contributed by atoms with van der Waals surface area (Å²) in [4.78, 5) is 46.8. The van der Waals surface area contributed by atoms with Crippen LogP contribution in [0.25, 0.3) is 4.96 Å². The zero-order valence-electron chi connectivity index (χ0n) is 26.9. The van der Waals surface area contributed by atoms with E-state index in [-0.39, 0.29) is 54.0 Å². The van der Waals surface area contributed by atoms with Crippen molar-refractivity contribution in [3.05, 3.63) is 38.6 Å². The molecule has 2 saturated heterocycles. The second kappa shape index (κ2) is 13.1. The van der Waals surface area contributed by atoms with Crippen LogP contribution in [-0.2, 0) is 20.7 Å². The molecule has 0 unspecified atom stereocenters. The van der Waals surface area contributed by atoms with E-state index in [1.54, 1.807) is 41.5 Å². The number of alkyl halides is 2. The Morgan fingerprint density at radius 1 is 0.936 bits per heavy atom. The molecule has 18 heteroatoms. The van der Waals surface area contributed by atoms with E-state index in [0.29, 0.717) is 4.88 Å². The summed E-state index contributed by atoms with van der Waals surface area (Å²) in [6, 6.07) is 0.936. The summed E-state index contributed by atoms with van der Waals surface area (Å²) < 4.78 is 40.8. The Hall–Kier alpha value is -3.61. The van der Waals surface area contributed by atoms with E-state index >= 15 is 0 Å². The number of aromatic nitrogens is 3. The monoisotopic (exact) mass is 702 g/mol. The lowest BCUT2D eigenvalue weighted by Crippen LogP contribution is -2.53. The van der Waals surface area contributed by atoms with Crippen molar-refractivity contribution >= 4 is 45.0 Å². The predicted molar refractivity (Wildman–Crippen MR) is 170 cm³/mol. The molecule has 0 saturated carbocycles. The average molecular weight is 703 g/mol. The van der Waals surface area contributed by atoms with Gasteiger partial charge in [0, 0.05) is 38.3 Å². The van der Waals surface area contributed by atoms with Gasteiger partial charge in [0.2, 0.25) is 5.88 Å². The van der Waals surface area contributed by atoms with Crippen molar-refractivity contribution in [2.75, 3.05) is 31.9 Å². The SMILES string of the molecule is CC(C)(C)OC(=O)N1CC[C@@](O)(c2cn3c(=O)cc(O)nc3s2)[C@H](F)C1.CC(C)(C)OC(=O)N1CC[C@@](O)(c2cnc(N)s2)[C@H](F)C1. The number of aromatic hydroxyl groups is 1. The summed E-state index contributed by atoms with van der Waals surface area (Å²) in [6.45, 7) is 10.2. The van der Waals surface area contributed by atoms with Crippen molar-refractivity contribution < 1.29 is 43.2 Å². The molecule has 5 rings (SSSR count). The van der Waals surface area contributed by atoms with Crippen LogP contribution in [-0.4, -0.2) is 101 Å². The van der Waals surface area contributed by atoms with Gasteiger partial charge in [-0.05, 0) is 41.5 Å². The van der Waals surface area contributed by atoms with Gasteiger partial charge in [-0.2, -0.15) is 4.98 Å². The second-order valence-corrected chi connectivity index (χ2v) is 15.5. The van der Waals surface area contributed by atoms with Gasteiger partial charge in [0.1, 0.15) is 22.4 Å². The fourth-order valence-electron chi connectivity index (χ4n) is 4.91. The quantitative estimate of drug-likeness (QED) is 0.305. The highest BCUT2D eigenvalue weighted by Crippen LogP contribution is 2.40. The molecule has 2 amide bonds. The molecule has 260 valence electrons. The molecule has 0 bridgehead atoms. The van der Waals surface area contributed by atoms with Crippen LogP contribution in [0.5, 0.6) is 5.88 Å². The summed E-state index contributed by atoms with van der Waals surface area (Å²) in [7, 11) is 0. The Morgan fingerprint density at radius 2 is 1.43 bits per heavy atom. The molecule has 47 heavy (non-hydrogen) atoms. The van der Waals surface area contributed by atoms with E-state index in [4.69, 9.17) is 15.2 Å². The molecule has 0 aromatic carbocycles. The van der Waals surface area contributed by atoms with Crippen LogP contribution in [0.15, 0.2) is 23.3 Å². The van der Waals surface area contributed by atoms with Gasteiger partial charge in [-0.3, -0.25) is 9.20 Å². The molecular formula is C29H40F2N6O8S2. The van der Waals surface area contributed by atoms with Crippen molar-refractivity contribution in [1.82, 2.24) is 24.2 Å². The largest absolute Gasteiger partial charge is 0.493 e. The van der Waals surface area contributed by atoms with Crippen LogP contribution in [0.2, 0.25) is 0 Å². The molecule has 0 radical (unpaired) electrons. The van der Waals surface area contributed by atoms with Crippen LogP contribution < -0.4 is 11.3 Å². The Balaban J connectivity index is 0.000000218. The van der Waals surface area contributed by atoms with Gasteiger partial charge in [-0.15, -0.1) is 0 Å². The van der Waals surface area contributed by atoms with E-state index in [2.05, 4.69) is 9.97 Å². The van der Waals surface area contributed by atoms with Crippen LogP contribution in [0.4, 0.5) is 23.5 Å². The van der Waals surface area contributed by atoms with Crippen LogP contribution in [0.1, 0.15) is 64.1 Å². The normalized spacial score (nSPS) is 25.2. The van der Waals surface area contributed by atoms with Crippen molar-refractivity contribution in [2.45, 2.75) is 89.1 Å². The molecule has 2 aliphatic rings. The number of ether oxygens (including phenoxy) is 2. The fourth-order valence-corrected chi connectivity index (χ4v) is 6.90. The minimum absolute atomic E-state index is 0.0546. The number of likely N-dealkylation sites (tertiary alicyclic amines) is 2. The first-order valence-corrected chi connectivity index (χ1v) is 16.4. The van der Waals surface area contributed by atoms with E-state index in [9.17, 15) is 38.5 Å². The van der Waals surface area contributed by atoms with Gasteiger partial charge in [0.25, 0.3) is 5.56 Å². The number of fused-ring (bicyclic) bond motifs is 1. The zero-order chi connectivity index (χ0) is 35.1. The number of carbonyl (C=O) groups excluding carboxylic acids is 2. The molecule has 14 nitrogen and oxygen atoms in total. The van der Waals surface area contributed by atoms with Gasteiger partial charge in [-0.1, -0.05) is 22.7 Å². The number of amides is 2. The summed E-state index contributed by atoms with van der Waals surface area (Å²) in [6.07, 6.45) is -1.85. The van der Waals surface area contributed by atoms with Crippen LogP contribution >= 0.6 is 22.7 Å². The number of nitrogens with two attached hydrogens (primary N) is 1. The van der Waals surface area contributed by atoms with E-state index in [1.807, 2.05) is 0 Å². The maximum absolute atomic E-state index is 14.8. The Labute approximate surface area is 277 Å². The lowest BCUT2D eigenvalue weighted by molar-refractivity contribution is -0.0889. The molecule has 3 aromatic heterocycles. The lowest BCUT2D eigenvalue weighted by Gasteiger charge is -2.40. The van der Waals surface area contributed by atoms with E-state index in [1.165, 1.54) is 22.2 Å². The maximum atomic E-state index is 14.8. The first-order valence-electron chi connectivity index (χ1n) is 14.7. The summed E-state index contributed by atoms with van der Waals surface area (Å²) in [5.41, 5.74) is 0.169. The van der Waals surface area contributed by atoms with Crippen molar-refractivity contribution in [3.63, 3.8) is 0 Å². The highest BCUT2D eigenvalue weighted by Gasteiger charge is 2.48. The highest BCUT2D eigenvalue weighted by molar-refractivity contribution is 7.17. The van der Waals surface area contributed by atoms with Crippen molar-refractivity contribution in [2.24, 2.45) is 0 Å². The third kappa shape index (κ3) is 8.28. The number of thiazole rings is 2. The number of carbonyl (C=O) groups is 2. The number of nitrogen functional groups attached to an aromatic ring is 1. The minimum Gasteiger partial charge on any atom is -0.493 e. The predicted octanol–water partition coefficient (Wildman–Crippen LogP) is 3.52. The molecule has 0 aliphatic carbocycles. The molecule has 5 heterocycles. The number of rotatable bonds is 2. The molecule has 4 atom stereocenters. The lowest BCUT2D eigenvalue weighted by atomic mass is 9.88. The summed E-state index contributed by atoms with van der Waals surface area (Å²) in [5.74, 6) is -0.438. The van der Waals surface area contributed by atoms with E-state index in [0.717, 1.165) is 33.1 Å². The van der Waals surface area contributed by atoms with Gasteiger partial charge in [-0.25, -0.2) is 23.4 Å². The zero-order valence-corrected chi connectivity index (χ0v) is 28.5. The number of anilines is 1. The molecular weight excluding hydrogens is 662 g/mol. The third-order valence-electron chi connectivity index (χ3n) is 7.36. The molecule has 3 aromatic rings. The highest BCUT2D eigenvalue weighted by atomic mass is 32.1. The molecule has 0 spiro atoms. The number of piperidine rings is 2. The molecule has 2 fully saturated rings. The fraction of sp³-hybridized carbons (Fsp3) is 0.621. The van der Waals surface area contributed by atoms with Gasteiger partial charge in [0.05, 0.1) is 28.9 Å². The number of hydrogen-bond donors (Lipinski definition) is 4. The van der Waals surface area contributed by atoms with Crippen LogP contribution in [0, 0.1) is 0 Å². The number of halogens is 2.